The van der Waals surface area contributed by atoms with Gasteiger partial charge in [0.15, 0.2) is 5.78 Å². The highest BCUT2D eigenvalue weighted by Gasteiger charge is 2.33. The molecule has 0 aliphatic carbocycles. The van der Waals surface area contributed by atoms with Crippen molar-refractivity contribution >= 4 is 46.5 Å². The van der Waals surface area contributed by atoms with E-state index in [2.05, 4.69) is 19.9 Å². The van der Waals surface area contributed by atoms with Crippen LogP contribution in [0.2, 0.25) is 0 Å². The number of ether oxygens (including phenoxy) is 3. The first-order valence-corrected chi connectivity index (χ1v) is 28.6. The van der Waals surface area contributed by atoms with E-state index < -0.39 is 70.1 Å². The van der Waals surface area contributed by atoms with E-state index in [1.807, 2.05) is 19.9 Å². The van der Waals surface area contributed by atoms with E-state index in [1.165, 1.54) is 54.6 Å². The van der Waals surface area contributed by atoms with Crippen LogP contribution in [-0.2, 0) is 82.2 Å². The number of aromatic carboxylic acids is 1. The molecule has 14 nitrogen and oxygen atoms in total. The molecule has 5 N–H and O–H groups in total. The lowest BCUT2D eigenvalue weighted by atomic mass is 10.0. The molecule has 0 radical (unpaired) electrons. The highest BCUT2D eigenvalue weighted by atomic mass is 35.5. The second-order valence-corrected chi connectivity index (χ2v) is 20.7. The van der Waals surface area contributed by atoms with Gasteiger partial charge in [-0.3, -0.25) is 9.59 Å². The van der Waals surface area contributed by atoms with Crippen LogP contribution in [0.4, 0.5) is 52.7 Å². The SMILES string of the molecule is CCOC(=O)c1cc(C(=O)Cc2ccc(C(F)(F)F)cc2)c(C)[nH]1.CCOC(=O)c1cc(CCc2ccc(C(F)(F)F)cc2)c(C)[nH]1.CCOC(=O)c1ccc(C)[nH]1.Cc1[nH]c(C(=O)O)cc1CCc1ccc(C(F)(F)F)cc1.O=C(Cl)Cc1ccc(C(F)(F)F)cc1. The van der Waals surface area contributed by atoms with Crippen molar-refractivity contribution in [3.05, 3.63) is 234 Å². The molecule has 0 amide bonds. The minimum atomic E-state index is -4.41. The van der Waals surface area contributed by atoms with Gasteiger partial charge in [-0.2, -0.15) is 52.7 Å². The van der Waals surface area contributed by atoms with Gasteiger partial charge in [0.1, 0.15) is 22.8 Å². The minimum Gasteiger partial charge on any atom is -0.477 e. The Labute approximate surface area is 531 Å². The third-order valence-corrected chi connectivity index (χ3v) is 13.4. The molecule has 0 bridgehead atoms. The zero-order valence-corrected chi connectivity index (χ0v) is 51.8. The number of H-pyrrole nitrogens is 4. The first-order valence-electron chi connectivity index (χ1n) is 28.3. The molecule has 8 aromatic rings. The topological polar surface area (TPSA) is 213 Å². The van der Waals surface area contributed by atoms with Gasteiger partial charge >= 0.3 is 48.6 Å². The summed E-state index contributed by atoms with van der Waals surface area (Å²) in [6.07, 6.45) is -15.2. The molecule has 4 aromatic heterocycles. The molecule has 93 heavy (non-hydrogen) atoms. The summed E-state index contributed by atoms with van der Waals surface area (Å²) in [6.45, 7) is 13.3. The number of ketones is 1. The number of alkyl halides is 12. The van der Waals surface area contributed by atoms with E-state index in [0.717, 1.165) is 87.9 Å². The molecule has 0 fully saturated rings. The Kier molecular flexibility index (Phi) is 28.1. The fourth-order valence-electron chi connectivity index (χ4n) is 8.50. The van der Waals surface area contributed by atoms with Gasteiger partial charge in [0.05, 0.1) is 42.1 Å². The number of rotatable bonds is 18. The minimum absolute atomic E-state index is 0.0559. The van der Waals surface area contributed by atoms with Crippen molar-refractivity contribution in [3.63, 3.8) is 0 Å². The molecule has 0 aliphatic rings. The Balaban J connectivity index is 0.000000254. The van der Waals surface area contributed by atoms with Crippen LogP contribution in [0, 0.1) is 27.7 Å². The van der Waals surface area contributed by atoms with E-state index in [-0.39, 0.29) is 42.6 Å². The normalized spacial score (nSPS) is 11.3. The van der Waals surface area contributed by atoms with Gasteiger partial charge < -0.3 is 39.3 Å². The van der Waals surface area contributed by atoms with E-state index in [0.29, 0.717) is 72.7 Å². The third kappa shape index (κ3) is 25.0. The zero-order chi connectivity index (χ0) is 69.6. The average molecular weight is 1340 g/mol. The van der Waals surface area contributed by atoms with Crippen LogP contribution in [0.25, 0.3) is 0 Å². The molecular weight excluding hydrogens is 1270 g/mol. The number of halogens is 13. The summed E-state index contributed by atoms with van der Waals surface area (Å²) in [4.78, 5) is 79.3. The number of hydrogen-bond acceptors (Lipinski definition) is 9. The summed E-state index contributed by atoms with van der Waals surface area (Å²) < 4.78 is 163. The number of carbonyl (C=O) groups excluding carboxylic acids is 5. The number of carboxylic acid groups (broad SMARTS) is 1. The number of benzene rings is 4. The fourth-order valence-corrected chi connectivity index (χ4v) is 8.65. The summed E-state index contributed by atoms with van der Waals surface area (Å²) in [5.41, 5.74) is 6.14. The quantitative estimate of drug-likeness (QED) is 0.0180. The van der Waals surface area contributed by atoms with Crippen molar-refractivity contribution < 1.29 is 101 Å². The van der Waals surface area contributed by atoms with Crippen molar-refractivity contribution in [2.75, 3.05) is 19.8 Å². The summed E-state index contributed by atoms with van der Waals surface area (Å²) in [5, 5.41) is 8.28. The van der Waals surface area contributed by atoms with Gasteiger partial charge in [0.25, 0.3) is 0 Å². The molecule has 0 unspecified atom stereocenters. The molecule has 27 heteroatoms. The lowest BCUT2D eigenvalue weighted by Crippen LogP contribution is -2.07. The van der Waals surface area contributed by atoms with Crippen LogP contribution in [0.1, 0.15) is 151 Å². The highest BCUT2D eigenvalue weighted by Crippen LogP contribution is 2.33. The van der Waals surface area contributed by atoms with E-state index >= 15 is 0 Å². The maximum Gasteiger partial charge on any atom is 0.416 e. The first-order chi connectivity index (χ1) is 43.4. The van der Waals surface area contributed by atoms with Crippen LogP contribution in [0.15, 0.2) is 127 Å². The number of Topliss-reactive ketones (excluding diaryl/α,β-unsaturated/α-hetero) is 1. The average Bonchev–Trinajstić information content (AvgIpc) is 2.13. The maximum atomic E-state index is 12.5. The monoisotopic (exact) mass is 1340 g/mol. The largest absolute Gasteiger partial charge is 0.477 e. The molecule has 0 saturated carbocycles. The number of hydrogen-bond donors (Lipinski definition) is 5. The molecule has 0 aliphatic heterocycles. The maximum absolute atomic E-state index is 12.5. The standard InChI is InChI=1S/C17H16F3NO3.C17H18F3NO2.C15H14F3NO2.C9H6ClF3O.C8H11NO2/c1-3-24-16(23)14-9-13(10(2)21-14)15(22)8-11-4-6-12(7-5-11)17(18,19)20;1-3-23-16(22)15-10-13(11(2)21-15)7-4-12-5-8-14(9-6-12)17(18,19)20;1-9-11(8-13(19-9)14(20)21)5-2-10-3-6-12(7-4-10)15(16,17)18;10-8(14)5-6-1-3-7(4-2-6)9(11,12)13;1-3-11-8(10)7-5-4-6(2)9-7/h4-7,9,21H,3,8H2,1-2H3;5-6,8-10,21H,3-4,7H2,1-2H3;3-4,6-8,19H,2,5H2,1H3,(H,20,21);1-4H,5H2;4-5,9H,3H2,1-2H3. The predicted octanol–water partition coefficient (Wildman–Crippen LogP) is 16.6. The van der Waals surface area contributed by atoms with Gasteiger partial charge in [0.2, 0.25) is 5.24 Å². The first kappa shape index (κ1) is 76.1. The fraction of sp³-hybridized carbons (Fsp3) is 0.303. The predicted molar refractivity (Wildman–Crippen MR) is 320 cm³/mol. The number of esters is 3. The number of aryl methyl sites for hydroxylation is 8. The molecule has 500 valence electrons. The summed E-state index contributed by atoms with van der Waals surface area (Å²) in [7, 11) is 0. The molecule has 0 spiro atoms. The van der Waals surface area contributed by atoms with Crippen molar-refractivity contribution in [2.45, 2.75) is 112 Å². The van der Waals surface area contributed by atoms with Crippen LogP contribution in [-0.4, -0.2) is 79.8 Å². The second kappa shape index (κ2) is 34.4. The van der Waals surface area contributed by atoms with E-state index in [9.17, 15) is 81.5 Å². The number of nitrogens with one attached hydrogen (secondary N) is 4. The molecule has 4 aromatic carbocycles. The summed E-state index contributed by atoms with van der Waals surface area (Å²) in [6, 6.07) is 27.2. The molecule has 4 heterocycles. The Morgan fingerprint density at radius 2 is 0.720 bits per heavy atom. The Hall–Kier alpha value is -9.33. The Morgan fingerprint density at radius 3 is 1.04 bits per heavy atom. The molecule has 0 saturated heterocycles. The summed E-state index contributed by atoms with van der Waals surface area (Å²) in [5.74, 6) is -2.58. The molecular formula is C66H65ClF12N4O10. The van der Waals surface area contributed by atoms with Crippen molar-refractivity contribution in [3.8, 4) is 0 Å². The number of aromatic amines is 4. The molecule has 0 atom stereocenters. The molecule has 8 rings (SSSR count). The van der Waals surface area contributed by atoms with Gasteiger partial charge in [0, 0.05) is 41.2 Å². The van der Waals surface area contributed by atoms with Crippen molar-refractivity contribution in [1.29, 1.82) is 0 Å². The Bertz CT molecular complexity index is 3750. The number of carboxylic acids is 1. The zero-order valence-electron chi connectivity index (χ0n) is 51.0. The van der Waals surface area contributed by atoms with Crippen LogP contribution in [0.3, 0.4) is 0 Å². The highest BCUT2D eigenvalue weighted by molar-refractivity contribution is 6.63. The summed E-state index contributed by atoms with van der Waals surface area (Å²) >= 11 is 5.08. The van der Waals surface area contributed by atoms with Gasteiger partial charge in [-0.1, -0.05) is 48.5 Å². The van der Waals surface area contributed by atoms with Crippen molar-refractivity contribution in [1.82, 2.24) is 19.9 Å². The number of carbonyl (C=O) groups is 6. The van der Waals surface area contributed by atoms with Gasteiger partial charge in [-0.25, -0.2) is 19.2 Å². The smallest absolute Gasteiger partial charge is 0.416 e. The van der Waals surface area contributed by atoms with Gasteiger partial charge in [-0.15, -0.1) is 0 Å². The Morgan fingerprint density at radius 1 is 0.398 bits per heavy atom. The van der Waals surface area contributed by atoms with Crippen molar-refractivity contribution in [2.24, 2.45) is 0 Å². The third-order valence-electron chi connectivity index (χ3n) is 13.3. The van der Waals surface area contributed by atoms with E-state index in [1.54, 1.807) is 52.8 Å². The van der Waals surface area contributed by atoms with E-state index in [4.69, 9.17) is 30.9 Å². The van der Waals surface area contributed by atoms with Gasteiger partial charge in [-0.05, 0) is 198 Å². The second-order valence-electron chi connectivity index (χ2n) is 20.3. The van der Waals surface area contributed by atoms with Crippen LogP contribution in [0.5, 0.6) is 0 Å². The lowest BCUT2D eigenvalue weighted by molar-refractivity contribution is -0.138. The van der Waals surface area contributed by atoms with Crippen LogP contribution >= 0.6 is 11.6 Å². The lowest BCUT2D eigenvalue weighted by Gasteiger charge is -2.07. The number of aromatic nitrogens is 4. The van der Waals surface area contributed by atoms with Crippen LogP contribution < -0.4 is 0 Å².